The van der Waals surface area contributed by atoms with Crippen molar-refractivity contribution in [3.05, 3.63) is 59.1 Å². The number of rotatable bonds is 6. The zero-order valence-corrected chi connectivity index (χ0v) is 15.2. The number of aromatic nitrogens is 2. The summed E-state index contributed by atoms with van der Waals surface area (Å²) < 4.78 is 5.70. The lowest BCUT2D eigenvalue weighted by atomic mass is 10.2. The van der Waals surface area contributed by atoms with Gasteiger partial charge in [0.1, 0.15) is 5.82 Å². The molecule has 2 aromatic carbocycles. The topological polar surface area (TPSA) is 59.1 Å². The third kappa shape index (κ3) is 4.06. The number of para-hydroxylation sites is 1. The number of hydrogen-bond acceptors (Lipinski definition) is 5. The molecule has 0 spiro atoms. The molecule has 2 N–H and O–H groups in total. The van der Waals surface area contributed by atoms with Crippen LogP contribution in [0.1, 0.15) is 18.4 Å². The first-order chi connectivity index (χ1) is 12.8. The summed E-state index contributed by atoms with van der Waals surface area (Å²) in [7, 11) is 0. The second kappa shape index (κ2) is 7.89. The Balaban J connectivity index is 1.53. The van der Waals surface area contributed by atoms with Crippen molar-refractivity contribution in [1.82, 2.24) is 9.97 Å². The fourth-order valence-corrected chi connectivity index (χ4v) is 3.22. The molecule has 26 heavy (non-hydrogen) atoms. The number of benzene rings is 2. The van der Waals surface area contributed by atoms with E-state index >= 15 is 0 Å². The number of ether oxygens (including phenoxy) is 1. The Labute approximate surface area is 157 Å². The van der Waals surface area contributed by atoms with Crippen LogP contribution in [0.2, 0.25) is 5.02 Å². The Morgan fingerprint density at radius 1 is 1.04 bits per heavy atom. The van der Waals surface area contributed by atoms with E-state index in [2.05, 4.69) is 20.6 Å². The Hall–Kier alpha value is -2.37. The molecular formula is C20H21ClN4O. The lowest BCUT2D eigenvalue weighted by molar-refractivity contribution is 0.120. The molecule has 0 saturated carbocycles. The van der Waals surface area contributed by atoms with Crippen LogP contribution >= 0.6 is 11.6 Å². The maximum Gasteiger partial charge on any atom is 0.225 e. The van der Waals surface area contributed by atoms with Gasteiger partial charge >= 0.3 is 0 Å². The number of fused-ring (bicyclic) bond motifs is 1. The van der Waals surface area contributed by atoms with E-state index < -0.39 is 0 Å². The Bertz CT molecular complexity index is 879. The Kier molecular flexibility index (Phi) is 5.18. The molecule has 1 fully saturated rings. The van der Waals surface area contributed by atoms with E-state index in [9.17, 15) is 0 Å². The van der Waals surface area contributed by atoms with E-state index in [-0.39, 0.29) is 6.10 Å². The fourth-order valence-electron chi connectivity index (χ4n) is 3.09. The fraction of sp³-hybridized carbons (Fsp3) is 0.300. The molecule has 1 unspecified atom stereocenters. The molecule has 1 saturated heterocycles. The average Bonchev–Trinajstić information content (AvgIpc) is 3.19. The molecule has 1 aromatic heterocycles. The monoisotopic (exact) mass is 368 g/mol. The van der Waals surface area contributed by atoms with Gasteiger partial charge in [0.25, 0.3) is 0 Å². The number of nitrogens with one attached hydrogen (secondary N) is 2. The molecule has 1 aliphatic rings. The predicted molar refractivity (Wildman–Crippen MR) is 106 cm³/mol. The number of hydrogen-bond donors (Lipinski definition) is 2. The molecule has 1 atom stereocenters. The highest BCUT2D eigenvalue weighted by Gasteiger charge is 2.16. The summed E-state index contributed by atoms with van der Waals surface area (Å²) in [6, 6.07) is 15.8. The van der Waals surface area contributed by atoms with Crippen LogP contribution in [-0.4, -0.2) is 29.2 Å². The standard InChI is InChI=1S/C20H21ClN4O/c21-15-9-7-14(8-10-15)12-23-20-24-18-6-2-1-5-17(18)19(25-20)22-13-16-4-3-11-26-16/h1-2,5-10,16H,3-4,11-13H2,(H2,22,23,24,25). The molecule has 4 rings (SSSR count). The van der Waals surface area contributed by atoms with Gasteiger partial charge in [0.15, 0.2) is 0 Å². The lowest BCUT2D eigenvalue weighted by Crippen LogP contribution is -2.19. The third-order valence-electron chi connectivity index (χ3n) is 4.49. The average molecular weight is 369 g/mol. The van der Waals surface area contributed by atoms with E-state index in [1.165, 1.54) is 0 Å². The molecule has 0 aliphatic carbocycles. The number of halogens is 1. The molecule has 0 bridgehead atoms. The van der Waals surface area contributed by atoms with Crippen LogP contribution in [0.15, 0.2) is 48.5 Å². The minimum atomic E-state index is 0.259. The predicted octanol–water partition coefficient (Wildman–Crippen LogP) is 4.49. The van der Waals surface area contributed by atoms with Gasteiger partial charge in [-0.15, -0.1) is 0 Å². The SMILES string of the molecule is Clc1ccc(CNc2nc(NCC3CCCO3)c3ccccc3n2)cc1. The van der Waals surface area contributed by atoms with Crippen molar-refractivity contribution in [2.45, 2.75) is 25.5 Å². The van der Waals surface area contributed by atoms with Gasteiger partial charge in [-0.2, -0.15) is 4.98 Å². The molecule has 2 heterocycles. The molecule has 0 radical (unpaired) electrons. The zero-order chi connectivity index (χ0) is 17.8. The first-order valence-electron chi connectivity index (χ1n) is 8.88. The van der Waals surface area contributed by atoms with Gasteiger partial charge in [-0.25, -0.2) is 4.98 Å². The smallest absolute Gasteiger partial charge is 0.225 e. The van der Waals surface area contributed by atoms with E-state index in [1.807, 2.05) is 48.5 Å². The first-order valence-corrected chi connectivity index (χ1v) is 9.26. The van der Waals surface area contributed by atoms with E-state index in [1.54, 1.807) is 0 Å². The molecule has 5 nitrogen and oxygen atoms in total. The van der Waals surface area contributed by atoms with Crippen LogP contribution in [0.25, 0.3) is 10.9 Å². The van der Waals surface area contributed by atoms with Crippen LogP contribution < -0.4 is 10.6 Å². The summed E-state index contributed by atoms with van der Waals surface area (Å²) >= 11 is 5.94. The second-order valence-electron chi connectivity index (χ2n) is 6.41. The van der Waals surface area contributed by atoms with Crippen molar-refractivity contribution in [1.29, 1.82) is 0 Å². The van der Waals surface area contributed by atoms with Gasteiger partial charge in [-0.05, 0) is 42.7 Å². The minimum absolute atomic E-state index is 0.259. The quantitative estimate of drug-likeness (QED) is 0.671. The van der Waals surface area contributed by atoms with Crippen molar-refractivity contribution in [3.63, 3.8) is 0 Å². The zero-order valence-electron chi connectivity index (χ0n) is 14.4. The Morgan fingerprint density at radius 3 is 2.69 bits per heavy atom. The minimum Gasteiger partial charge on any atom is -0.376 e. The van der Waals surface area contributed by atoms with Crippen molar-refractivity contribution in [3.8, 4) is 0 Å². The Morgan fingerprint density at radius 2 is 1.88 bits per heavy atom. The van der Waals surface area contributed by atoms with Crippen molar-refractivity contribution >= 4 is 34.3 Å². The van der Waals surface area contributed by atoms with E-state index in [4.69, 9.17) is 16.3 Å². The summed E-state index contributed by atoms with van der Waals surface area (Å²) in [6.45, 7) is 2.25. The van der Waals surface area contributed by atoms with E-state index in [0.29, 0.717) is 12.5 Å². The normalized spacial score (nSPS) is 16.7. The van der Waals surface area contributed by atoms with Crippen molar-refractivity contribution in [2.24, 2.45) is 0 Å². The summed E-state index contributed by atoms with van der Waals surface area (Å²) in [5.41, 5.74) is 2.04. The van der Waals surface area contributed by atoms with Gasteiger partial charge in [0, 0.05) is 30.1 Å². The summed E-state index contributed by atoms with van der Waals surface area (Å²) in [6.07, 6.45) is 2.48. The number of anilines is 2. The van der Waals surface area contributed by atoms with Gasteiger partial charge in [-0.3, -0.25) is 0 Å². The summed E-state index contributed by atoms with van der Waals surface area (Å²) in [5.74, 6) is 1.44. The van der Waals surface area contributed by atoms with Crippen molar-refractivity contribution in [2.75, 3.05) is 23.8 Å². The van der Waals surface area contributed by atoms with E-state index in [0.717, 1.165) is 53.3 Å². The molecule has 6 heteroatoms. The highest BCUT2D eigenvalue weighted by Crippen LogP contribution is 2.23. The molecule has 134 valence electrons. The maximum atomic E-state index is 5.94. The molecule has 3 aromatic rings. The summed E-state index contributed by atoms with van der Waals surface area (Å²) in [4.78, 5) is 9.31. The van der Waals surface area contributed by atoms with Crippen LogP contribution in [0.5, 0.6) is 0 Å². The largest absolute Gasteiger partial charge is 0.376 e. The van der Waals surface area contributed by atoms with Crippen LogP contribution in [0.3, 0.4) is 0 Å². The first kappa shape index (κ1) is 17.1. The highest BCUT2D eigenvalue weighted by atomic mass is 35.5. The summed E-state index contributed by atoms with van der Waals surface area (Å²) in [5, 5.41) is 8.50. The third-order valence-corrected chi connectivity index (χ3v) is 4.74. The number of nitrogens with zero attached hydrogens (tertiary/aromatic N) is 2. The second-order valence-corrected chi connectivity index (χ2v) is 6.85. The highest BCUT2D eigenvalue weighted by molar-refractivity contribution is 6.30. The lowest BCUT2D eigenvalue weighted by Gasteiger charge is -2.14. The van der Waals surface area contributed by atoms with Crippen molar-refractivity contribution < 1.29 is 4.74 Å². The maximum absolute atomic E-state index is 5.94. The van der Waals surface area contributed by atoms with Gasteiger partial charge in [0.2, 0.25) is 5.95 Å². The molecule has 1 aliphatic heterocycles. The molecular weight excluding hydrogens is 348 g/mol. The molecule has 0 amide bonds. The van der Waals surface area contributed by atoms with Gasteiger partial charge in [-0.1, -0.05) is 35.9 Å². The van der Waals surface area contributed by atoms with Crippen LogP contribution in [0, 0.1) is 0 Å². The van der Waals surface area contributed by atoms with Crippen LogP contribution in [-0.2, 0) is 11.3 Å². The van der Waals surface area contributed by atoms with Gasteiger partial charge in [0.05, 0.1) is 11.6 Å². The van der Waals surface area contributed by atoms with Crippen LogP contribution in [0.4, 0.5) is 11.8 Å². The van der Waals surface area contributed by atoms with Gasteiger partial charge < -0.3 is 15.4 Å².